The number of hydrogen-bond donors (Lipinski definition) is 0. The van der Waals surface area contributed by atoms with Crippen molar-refractivity contribution in [1.29, 1.82) is 0 Å². The number of aryl methyl sites for hydroxylation is 1. The Hall–Kier alpha value is -3.55. The molecule has 3 aromatic rings. The molecule has 0 radical (unpaired) electrons. The van der Waals surface area contributed by atoms with Crippen molar-refractivity contribution in [2.45, 2.75) is 33.4 Å². The first-order valence-electron chi connectivity index (χ1n) is 8.80. The van der Waals surface area contributed by atoms with E-state index in [2.05, 4.69) is 10.1 Å². The predicted octanol–water partition coefficient (Wildman–Crippen LogP) is 4.00. The molecular formula is C20H20N4O4. The molecular weight excluding hydrogens is 360 g/mol. The second-order valence-electron chi connectivity index (χ2n) is 6.71. The number of benzene rings is 2. The summed E-state index contributed by atoms with van der Waals surface area (Å²) in [6, 6.07) is 13.1. The number of aromatic nitrogens is 2. The summed E-state index contributed by atoms with van der Waals surface area (Å²) in [4.78, 5) is 29.1. The van der Waals surface area contributed by atoms with E-state index >= 15 is 0 Å². The lowest BCUT2D eigenvalue weighted by Crippen LogP contribution is -2.36. The number of nitrogens with zero attached hydrogens (tertiary/aromatic N) is 4. The van der Waals surface area contributed by atoms with Crippen molar-refractivity contribution in [3.05, 3.63) is 75.7 Å². The van der Waals surface area contributed by atoms with Crippen LogP contribution in [0, 0.1) is 17.0 Å². The topological polar surface area (TPSA) is 102 Å². The summed E-state index contributed by atoms with van der Waals surface area (Å²) in [5, 5.41) is 14.8. The molecule has 0 spiro atoms. The van der Waals surface area contributed by atoms with Crippen LogP contribution in [0.5, 0.6) is 0 Å². The quantitative estimate of drug-likeness (QED) is 0.473. The van der Waals surface area contributed by atoms with E-state index in [-0.39, 0.29) is 24.2 Å². The second kappa shape index (κ2) is 7.99. The molecule has 0 N–H and O–H groups in total. The predicted molar refractivity (Wildman–Crippen MR) is 103 cm³/mol. The Morgan fingerprint density at radius 2 is 1.93 bits per heavy atom. The summed E-state index contributed by atoms with van der Waals surface area (Å²) < 4.78 is 5.33. The molecule has 0 fully saturated rings. The van der Waals surface area contributed by atoms with E-state index in [4.69, 9.17) is 4.52 Å². The normalized spacial score (nSPS) is 10.9. The van der Waals surface area contributed by atoms with Crippen LogP contribution >= 0.6 is 0 Å². The number of nitro groups is 1. The van der Waals surface area contributed by atoms with E-state index in [9.17, 15) is 14.9 Å². The molecule has 0 aliphatic heterocycles. The number of hydrogen-bond acceptors (Lipinski definition) is 6. The van der Waals surface area contributed by atoms with Gasteiger partial charge in [0.15, 0.2) is 0 Å². The van der Waals surface area contributed by atoms with Gasteiger partial charge in [0.05, 0.1) is 4.92 Å². The number of carbonyl (C=O) groups excluding carboxylic acids is 1. The van der Waals surface area contributed by atoms with Crippen LogP contribution in [0.25, 0.3) is 11.4 Å². The summed E-state index contributed by atoms with van der Waals surface area (Å²) >= 11 is 0. The van der Waals surface area contributed by atoms with Crippen LogP contribution in [0.2, 0.25) is 0 Å². The van der Waals surface area contributed by atoms with Gasteiger partial charge in [-0.05, 0) is 39.0 Å². The van der Waals surface area contributed by atoms with Gasteiger partial charge in [-0.3, -0.25) is 14.9 Å². The van der Waals surface area contributed by atoms with Crippen molar-refractivity contribution < 1.29 is 14.2 Å². The van der Waals surface area contributed by atoms with E-state index in [1.54, 1.807) is 4.90 Å². The van der Waals surface area contributed by atoms with Gasteiger partial charge in [-0.15, -0.1) is 0 Å². The van der Waals surface area contributed by atoms with Gasteiger partial charge in [-0.1, -0.05) is 28.9 Å². The van der Waals surface area contributed by atoms with Crippen LogP contribution < -0.4 is 0 Å². The van der Waals surface area contributed by atoms with Crippen LogP contribution in [0.15, 0.2) is 53.1 Å². The fourth-order valence-corrected chi connectivity index (χ4v) is 2.75. The Morgan fingerprint density at radius 3 is 2.54 bits per heavy atom. The third-order valence-corrected chi connectivity index (χ3v) is 4.26. The molecule has 1 heterocycles. The van der Waals surface area contributed by atoms with Gasteiger partial charge in [0.1, 0.15) is 6.54 Å². The highest BCUT2D eigenvalue weighted by molar-refractivity contribution is 5.94. The molecule has 0 atom stereocenters. The highest BCUT2D eigenvalue weighted by Gasteiger charge is 2.22. The van der Waals surface area contributed by atoms with Crippen LogP contribution in [-0.4, -0.2) is 31.9 Å². The van der Waals surface area contributed by atoms with E-state index in [1.165, 1.54) is 24.3 Å². The fraction of sp³-hybridized carbons (Fsp3) is 0.250. The van der Waals surface area contributed by atoms with Crippen molar-refractivity contribution in [3.63, 3.8) is 0 Å². The molecule has 3 rings (SSSR count). The third-order valence-electron chi connectivity index (χ3n) is 4.26. The van der Waals surface area contributed by atoms with E-state index < -0.39 is 4.92 Å². The Labute approximate surface area is 161 Å². The maximum absolute atomic E-state index is 12.9. The minimum absolute atomic E-state index is 0.0626. The number of carbonyl (C=O) groups is 1. The van der Waals surface area contributed by atoms with Crippen LogP contribution in [0.1, 0.15) is 35.7 Å². The number of non-ortho nitro benzene ring substituents is 1. The molecule has 28 heavy (non-hydrogen) atoms. The Bertz CT molecular complexity index is 995. The largest absolute Gasteiger partial charge is 0.337 e. The molecule has 144 valence electrons. The van der Waals surface area contributed by atoms with Gasteiger partial charge in [0.25, 0.3) is 11.6 Å². The van der Waals surface area contributed by atoms with Gasteiger partial charge in [0, 0.05) is 29.3 Å². The Balaban J connectivity index is 1.80. The lowest BCUT2D eigenvalue weighted by Gasteiger charge is -2.25. The minimum atomic E-state index is -0.500. The summed E-state index contributed by atoms with van der Waals surface area (Å²) in [5.74, 6) is 0.519. The molecule has 0 saturated heterocycles. The summed E-state index contributed by atoms with van der Waals surface area (Å²) in [5.41, 5.74) is 2.22. The standard InChI is InChI=1S/C20H20N4O4/c1-13(2)23(20(25)15-7-9-17(10-8-15)24(26)27)12-18-21-19(22-28-18)16-6-4-5-14(3)11-16/h4-11,13H,12H2,1-3H3. The van der Waals surface area contributed by atoms with Crippen molar-refractivity contribution in [1.82, 2.24) is 15.0 Å². The van der Waals surface area contributed by atoms with Gasteiger partial charge in [0.2, 0.25) is 11.7 Å². The van der Waals surface area contributed by atoms with Crippen LogP contribution in [0.3, 0.4) is 0 Å². The zero-order valence-corrected chi connectivity index (χ0v) is 15.8. The summed E-state index contributed by atoms with van der Waals surface area (Å²) in [6.07, 6.45) is 0. The molecule has 0 aliphatic rings. The summed E-state index contributed by atoms with van der Waals surface area (Å²) in [7, 11) is 0. The molecule has 8 nitrogen and oxygen atoms in total. The third kappa shape index (κ3) is 4.22. The molecule has 0 saturated carbocycles. The molecule has 2 aromatic carbocycles. The maximum Gasteiger partial charge on any atom is 0.269 e. The van der Waals surface area contributed by atoms with Crippen LogP contribution in [0.4, 0.5) is 5.69 Å². The summed E-state index contributed by atoms with van der Waals surface area (Å²) in [6.45, 7) is 5.88. The molecule has 0 unspecified atom stereocenters. The fourth-order valence-electron chi connectivity index (χ4n) is 2.75. The first-order chi connectivity index (χ1) is 13.3. The average molecular weight is 380 g/mol. The first kappa shape index (κ1) is 19.2. The first-order valence-corrected chi connectivity index (χ1v) is 8.80. The Morgan fingerprint density at radius 1 is 1.21 bits per heavy atom. The van der Waals surface area contributed by atoms with E-state index in [1.807, 2.05) is 45.0 Å². The van der Waals surface area contributed by atoms with Gasteiger partial charge < -0.3 is 9.42 Å². The minimum Gasteiger partial charge on any atom is -0.337 e. The molecule has 0 bridgehead atoms. The average Bonchev–Trinajstić information content (AvgIpc) is 3.14. The SMILES string of the molecule is Cc1cccc(-c2noc(CN(C(=O)c3ccc([N+](=O)[O-])cc3)C(C)C)n2)c1. The van der Waals surface area contributed by atoms with Crippen molar-refractivity contribution in [3.8, 4) is 11.4 Å². The lowest BCUT2D eigenvalue weighted by atomic mass is 10.1. The molecule has 1 aromatic heterocycles. The monoisotopic (exact) mass is 380 g/mol. The Kier molecular flexibility index (Phi) is 5.49. The molecule has 1 amide bonds. The lowest BCUT2D eigenvalue weighted by molar-refractivity contribution is -0.384. The van der Waals surface area contributed by atoms with Crippen molar-refractivity contribution in [2.75, 3.05) is 0 Å². The van der Waals surface area contributed by atoms with Crippen molar-refractivity contribution in [2.24, 2.45) is 0 Å². The number of nitro benzene ring substituents is 1. The van der Waals surface area contributed by atoms with E-state index in [0.29, 0.717) is 17.3 Å². The number of rotatable bonds is 6. The number of amides is 1. The van der Waals surface area contributed by atoms with Gasteiger partial charge >= 0.3 is 0 Å². The van der Waals surface area contributed by atoms with Crippen LogP contribution in [-0.2, 0) is 6.54 Å². The zero-order chi connectivity index (χ0) is 20.3. The zero-order valence-electron chi connectivity index (χ0n) is 15.8. The molecule has 8 heteroatoms. The second-order valence-corrected chi connectivity index (χ2v) is 6.71. The molecule has 0 aliphatic carbocycles. The van der Waals surface area contributed by atoms with Gasteiger partial charge in [-0.2, -0.15) is 4.98 Å². The van der Waals surface area contributed by atoms with Crippen molar-refractivity contribution >= 4 is 11.6 Å². The highest BCUT2D eigenvalue weighted by atomic mass is 16.6. The smallest absolute Gasteiger partial charge is 0.269 e. The maximum atomic E-state index is 12.9. The van der Waals surface area contributed by atoms with Gasteiger partial charge in [-0.25, -0.2) is 0 Å². The van der Waals surface area contributed by atoms with E-state index in [0.717, 1.165) is 11.1 Å². The highest BCUT2D eigenvalue weighted by Crippen LogP contribution is 2.20.